The molecule has 0 bridgehead atoms. The van der Waals surface area contributed by atoms with Gasteiger partial charge in [0.2, 0.25) is 0 Å². The highest BCUT2D eigenvalue weighted by Gasteiger charge is 2.17. The molecule has 0 heterocycles. The highest BCUT2D eigenvalue weighted by atomic mass is 14.2. The fourth-order valence-electron chi connectivity index (χ4n) is 2.94. The summed E-state index contributed by atoms with van der Waals surface area (Å²) in [5.74, 6) is 1.75. The van der Waals surface area contributed by atoms with Crippen LogP contribution in [0.3, 0.4) is 0 Å². The molecule has 0 radical (unpaired) electrons. The molecule has 0 saturated carbocycles. The molecule has 1 unspecified atom stereocenters. The molecule has 0 aromatic carbocycles. The van der Waals surface area contributed by atoms with Crippen LogP contribution in [0.1, 0.15) is 126 Å². The number of rotatable bonds is 9. The zero-order valence-electron chi connectivity index (χ0n) is 20.4. The van der Waals surface area contributed by atoms with E-state index in [-0.39, 0.29) is 0 Å². The summed E-state index contributed by atoms with van der Waals surface area (Å²) in [5, 5.41) is 0. The molecule has 1 aliphatic rings. The lowest BCUT2D eigenvalue weighted by atomic mass is 9.81. The third-order valence-electron chi connectivity index (χ3n) is 4.15. The predicted molar refractivity (Wildman–Crippen MR) is 131 cm³/mol. The average Bonchev–Trinajstić information content (AvgIpc) is 2.68. The van der Waals surface area contributed by atoms with E-state index in [1.165, 1.54) is 70.6 Å². The molecule has 1 aliphatic carbocycles. The molecule has 0 aliphatic heterocycles. The molecule has 0 aromatic heterocycles. The van der Waals surface area contributed by atoms with Crippen molar-refractivity contribution in [2.24, 2.45) is 11.8 Å². The lowest BCUT2D eigenvalue weighted by Gasteiger charge is -2.24. The fourth-order valence-corrected chi connectivity index (χ4v) is 2.94. The summed E-state index contributed by atoms with van der Waals surface area (Å²) >= 11 is 0. The Kier molecular flexibility index (Phi) is 34.3. The summed E-state index contributed by atoms with van der Waals surface area (Å²) in [4.78, 5) is 0. The topological polar surface area (TPSA) is 0 Å². The van der Waals surface area contributed by atoms with E-state index in [0.29, 0.717) is 0 Å². The van der Waals surface area contributed by atoms with Crippen molar-refractivity contribution < 1.29 is 0 Å². The molecular weight excluding hydrogens is 324 g/mol. The first-order valence-corrected chi connectivity index (χ1v) is 12.1. The molecule has 0 aromatic rings. The molecule has 0 spiro atoms. The second-order valence-electron chi connectivity index (χ2n) is 7.53. The van der Waals surface area contributed by atoms with Crippen LogP contribution >= 0.6 is 0 Å². The Hall–Kier alpha value is -0.780. The number of hydrogen-bond acceptors (Lipinski definition) is 0. The van der Waals surface area contributed by atoms with Crippen LogP contribution in [-0.4, -0.2) is 0 Å². The van der Waals surface area contributed by atoms with Crippen LogP contribution in [0, 0.1) is 11.8 Å². The molecule has 0 heteroatoms. The molecule has 0 N–H and O–H groups in total. The molecule has 0 amide bonds. The highest BCUT2D eigenvalue weighted by molar-refractivity contribution is 5.11. The SMILES string of the molecule is C/C=C\CCCCC.CCC.CCC.CCCC(CCC)C1C=CC=CC1. The Morgan fingerprint density at radius 1 is 0.815 bits per heavy atom. The van der Waals surface area contributed by atoms with E-state index in [1.54, 1.807) is 0 Å². The third kappa shape index (κ3) is 27.5. The first-order chi connectivity index (χ1) is 13.1. The van der Waals surface area contributed by atoms with Crippen LogP contribution in [0.5, 0.6) is 0 Å². The van der Waals surface area contributed by atoms with Crippen LogP contribution in [0.15, 0.2) is 36.5 Å². The van der Waals surface area contributed by atoms with E-state index in [2.05, 4.69) is 91.8 Å². The van der Waals surface area contributed by atoms with Gasteiger partial charge in [0, 0.05) is 0 Å². The predicted octanol–water partition coefficient (Wildman–Crippen LogP) is 10.3. The minimum Gasteiger partial charge on any atom is -0.0917 e. The van der Waals surface area contributed by atoms with Gasteiger partial charge in [0.25, 0.3) is 0 Å². The third-order valence-corrected chi connectivity index (χ3v) is 4.15. The van der Waals surface area contributed by atoms with Gasteiger partial charge >= 0.3 is 0 Å². The van der Waals surface area contributed by atoms with Gasteiger partial charge in [-0.25, -0.2) is 0 Å². The summed E-state index contributed by atoms with van der Waals surface area (Å²) in [5.41, 5.74) is 0. The van der Waals surface area contributed by atoms with Crippen molar-refractivity contribution in [2.45, 2.75) is 126 Å². The molecule has 1 rings (SSSR count). The Bertz CT molecular complexity index is 300. The van der Waals surface area contributed by atoms with E-state index in [0.717, 1.165) is 11.8 Å². The second kappa shape index (κ2) is 30.0. The molecule has 27 heavy (non-hydrogen) atoms. The van der Waals surface area contributed by atoms with E-state index in [1.807, 2.05) is 0 Å². The minimum atomic E-state index is 0.824. The van der Waals surface area contributed by atoms with Crippen molar-refractivity contribution in [3.05, 3.63) is 36.5 Å². The Morgan fingerprint density at radius 2 is 1.37 bits per heavy atom. The van der Waals surface area contributed by atoms with Crippen LogP contribution < -0.4 is 0 Å². The summed E-state index contributed by atoms with van der Waals surface area (Å²) in [6, 6.07) is 0. The molecule has 0 nitrogen and oxygen atoms in total. The Labute approximate surface area is 174 Å². The van der Waals surface area contributed by atoms with Crippen LogP contribution in [0.2, 0.25) is 0 Å². The highest BCUT2D eigenvalue weighted by Crippen LogP contribution is 2.28. The summed E-state index contributed by atoms with van der Waals surface area (Å²) < 4.78 is 0. The van der Waals surface area contributed by atoms with Crippen LogP contribution in [0.4, 0.5) is 0 Å². The summed E-state index contributed by atoms with van der Waals surface area (Å²) in [6.45, 7) is 17.4. The largest absolute Gasteiger partial charge is 0.0917 e. The molecule has 0 fully saturated rings. The zero-order chi connectivity index (χ0) is 21.2. The molecule has 0 saturated heterocycles. The smallest absolute Gasteiger partial charge is 0.0167 e. The summed E-state index contributed by atoms with van der Waals surface area (Å²) in [6.07, 6.45) is 28.0. The maximum Gasteiger partial charge on any atom is -0.0167 e. The minimum absolute atomic E-state index is 0.824. The van der Waals surface area contributed by atoms with Gasteiger partial charge in [-0.2, -0.15) is 0 Å². The Morgan fingerprint density at radius 3 is 1.74 bits per heavy atom. The molecule has 162 valence electrons. The van der Waals surface area contributed by atoms with Gasteiger partial charge < -0.3 is 0 Å². The van der Waals surface area contributed by atoms with Crippen molar-refractivity contribution in [1.29, 1.82) is 0 Å². The maximum absolute atomic E-state index is 2.40. The first kappa shape index (κ1) is 30.9. The van der Waals surface area contributed by atoms with Gasteiger partial charge in [0.15, 0.2) is 0 Å². The monoisotopic (exact) mass is 378 g/mol. The molecular formula is C27H54. The van der Waals surface area contributed by atoms with Gasteiger partial charge in [-0.05, 0) is 38.0 Å². The van der Waals surface area contributed by atoms with Gasteiger partial charge in [-0.1, -0.05) is 136 Å². The van der Waals surface area contributed by atoms with Gasteiger partial charge in [-0.15, -0.1) is 0 Å². The van der Waals surface area contributed by atoms with E-state index >= 15 is 0 Å². The number of allylic oxidation sites excluding steroid dienone is 6. The van der Waals surface area contributed by atoms with Gasteiger partial charge in [0.05, 0.1) is 0 Å². The zero-order valence-corrected chi connectivity index (χ0v) is 20.4. The number of unbranched alkanes of at least 4 members (excludes halogenated alkanes) is 3. The fraction of sp³-hybridized carbons (Fsp3) is 0.778. The Balaban J connectivity index is -0.000000351. The van der Waals surface area contributed by atoms with Gasteiger partial charge in [-0.3, -0.25) is 0 Å². The van der Waals surface area contributed by atoms with Crippen molar-refractivity contribution in [1.82, 2.24) is 0 Å². The van der Waals surface area contributed by atoms with Crippen molar-refractivity contribution in [3.8, 4) is 0 Å². The average molecular weight is 379 g/mol. The van der Waals surface area contributed by atoms with Crippen LogP contribution in [0.25, 0.3) is 0 Å². The van der Waals surface area contributed by atoms with Crippen molar-refractivity contribution in [2.75, 3.05) is 0 Å². The first-order valence-electron chi connectivity index (χ1n) is 12.1. The van der Waals surface area contributed by atoms with Crippen molar-refractivity contribution >= 4 is 0 Å². The summed E-state index contributed by atoms with van der Waals surface area (Å²) in [7, 11) is 0. The maximum atomic E-state index is 2.40. The standard InChI is InChI=1S/C13H22.C8H16.2C3H8/c1-3-8-12(9-4-2)13-10-6-5-7-11-13;1-3-5-7-8-6-4-2;2*1-3-2/h5-7,10,12-13H,3-4,8-9,11H2,1-2H3;3,5H,4,6-8H2,1-2H3;2*3H2,1-2H3/b;5-3-;;. The van der Waals surface area contributed by atoms with Gasteiger partial charge in [0.1, 0.15) is 0 Å². The van der Waals surface area contributed by atoms with E-state index < -0.39 is 0 Å². The number of hydrogen-bond donors (Lipinski definition) is 0. The van der Waals surface area contributed by atoms with Crippen molar-refractivity contribution in [3.63, 3.8) is 0 Å². The second-order valence-corrected chi connectivity index (χ2v) is 7.53. The normalized spacial score (nSPS) is 14.8. The van der Waals surface area contributed by atoms with E-state index in [4.69, 9.17) is 0 Å². The van der Waals surface area contributed by atoms with E-state index in [9.17, 15) is 0 Å². The quantitative estimate of drug-likeness (QED) is 0.276. The molecule has 1 atom stereocenters. The lowest BCUT2D eigenvalue weighted by molar-refractivity contribution is 0.339. The lowest BCUT2D eigenvalue weighted by Crippen LogP contribution is -2.13. The van der Waals surface area contributed by atoms with Crippen LogP contribution in [-0.2, 0) is 0 Å².